The standard InChI is InChI=1S/C12H17O2Si/c1-4-15(14-10-9-13-3)12-8-6-5-7-11(12)2/h4-8H,1,9-10H2,2-3H3. The maximum absolute atomic E-state index is 5.76. The fourth-order valence-electron chi connectivity index (χ4n) is 1.33. The van der Waals surface area contributed by atoms with Crippen LogP contribution in [-0.4, -0.2) is 29.4 Å². The van der Waals surface area contributed by atoms with E-state index in [1.807, 2.05) is 17.8 Å². The Labute approximate surface area is 93.3 Å². The maximum atomic E-state index is 5.76. The first kappa shape index (κ1) is 12.2. The highest BCUT2D eigenvalue weighted by Gasteiger charge is 2.13. The van der Waals surface area contributed by atoms with Crippen molar-refractivity contribution in [2.45, 2.75) is 6.92 Å². The molecule has 1 radical (unpaired) electrons. The molecule has 2 nitrogen and oxygen atoms in total. The predicted molar refractivity (Wildman–Crippen MR) is 64.6 cm³/mol. The van der Waals surface area contributed by atoms with Gasteiger partial charge in [-0.1, -0.05) is 30.0 Å². The zero-order chi connectivity index (χ0) is 11.1. The second kappa shape index (κ2) is 6.56. The zero-order valence-corrected chi connectivity index (χ0v) is 10.3. The Bertz CT molecular complexity index is 312. The third kappa shape index (κ3) is 3.62. The van der Waals surface area contributed by atoms with Gasteiger partial charge in [-0.3, -0.25) is 0 Å². The van der Waals surface area contributed by atoms with Gasteiger partial charge in [0.15, 0.2) is 0 Å². The van der Waals surface area contributed by atoms with Gasteiger partial charge in [0.2, 0.25) is 0 Å². The summed E-state index contributed by atoms with van der Waals surface area (Å²) in [6.45, 7) is 7.20. The molecule has 0 aliphatic heterocycles. The molecule has 1 rings (SSSR count). The lowest BCUT2D eigenvalue weighted by Gasteiger charge is -2.13. The minimum atomic E-state index is -1.08. The predicted octanol–water partition coefficient (Wildman–Crippen LogP) is 1.58. The van der Waals surface area contributed by atoms with Gasteiger partial charge in [-0.25, -0.2) is 0 Å². The van der Waals surface area contributed by atoms with Crippen molar-refractivity contribution in [2.75, 3.05) is 20.3 Å². The summed E-state index contributed by atoms with van der Waals surface area (Å²) in [5, 5.41) is 1.27. The van der Waals surface area contributed by atoms with Crippen LogP contribution in [0.1, 0.15) is 5.56 Å². The lowest BCUT2D eigenvalue weighted by molar-refractivity contribution is 0.148. The van der Waals surface area contributed by atoms with Crippen molar-refractivity contribution in [1.82, 2.24) is 0 Å². The molecule has 0 aliphatic rings. The highest BCUT2D eigenvalue weighted by molar-refractivity contribution is 6.72. The molecule has 0 saturated carbocycles. The fourth-order valence-corrected chi connectivity index (χ4v) is 2.86. The first-order valence-electron chi connectivity index (χ1n) is 4.96. The van der Waals surface area contributed by atoms with Gasteiger partial charge in [0.1, 0.15) is 0 Å². The van der Waals surface area contributed by atoms with E-state index in [1.165, 1.54) is 10.8 Å². The summed E-state index contributed by atoms with van der Waals surface area (Å²) in [6, 6.07) is 8.29. The molecule has 0 aliphatic carbocycles. The Morgan fingerprint density at radius 3 is 2.67 bits per heavy atom. The van der Waals surface area contributed by atoms with E-state index in [0.717, 1.165) is 0 Å². The molecule has 0 unspecified atom stereocenters. The van der Waals surface area contributed by atoms with E-state index in [0.29, 0.717) is 13.2 Å². The molecule has 15 heavy (non-hydrogen) atoms. The Morgan fingerprint density at radius 1 is 1.33 bits per heavy atom. The number of hydrogen-bond donors (Lipinski definition) is 0. The van der Waals surface area contributed by atoms with E-state index >= 15 is 0 Å². The summed E-state index contributed by atoms with van der Waals surface area (Å²) in [5.41, 5.74) is 3.19. The lowest BCUT2D eigenvalue weighted by Crippen LogP contribution is -2.34. The quantitative estimate of drug-likeness (QED) is 0.536. The van der Waals surface area contributed by atoms with Gasteiger partial charge in [-0.2, -0.15) is 0 Å². The third-order valence-electron chi connectivity index (χ3n) is 2.14. The molecular weight excluding hydrogens is 204 g/mol. The first-order valence-corrected chi connectivity index (χ1v) is 6.45. The minimum Gasteiger partial charge on any atom is -0.405 e. The van der Waals surface area contributed by atoms with E-state index in [1.54, 1.807) is 7.11 Å². The monoisotopic (exact) mass is 221 g/mol. The number of benzene rings is 1. The minimum absolute atomic E-state index is 0.630. The summed E-state index contributed by atoms with van der Waals surface area (Å²) in [7, 11) is 0.598. The van der Waals surface area contributed by atoms with E-state index in [4.69, 9.17) is 9.16 Å². The Balaban J connectivity index is 2.66. The molecule has 1 aromatic carbocycles. The largest absolute Gasteiger partial charge is 0.405 e. The van der Waals surface area contributed by atoms with Crippen molar-refractivity contribution in [3.8, 4) is 0 Å². The molecular formula is C12H17O2Si. The van der Waals surface area contributed by atoms with E-state index in [2.05, 4.69) is 25.6 Å². The molecule has 0 amide bonds. The van der Waals surface area contributed by atoms with Crippen LogP contribution in [0.25, 0.3) is 0 Å². The molecule has 1 aromatic rings. The number of ether oxygens (including phenoxy) is 1. The van der Waals surface area contributed by atoms with Crippen molar-refractivity contribution >= 4 is 14.2 Å². The molecule has 0 atom stereocenters. The Kier molecular flexibility index (Phi) is 5.32. The average molecular weight is 221 g/mol. The van der Waals surface area contributed by atoms with Crippen molar-refractivity contribution in [3.05, 3.63) is 42.1 Å². The van der Waals surface area contributed by atoms with Crippen molar-refractivity contribution < 1.29 is 9.16 Å². The normalized spacial score (nSPS) is 10.6. The second-order valence-electron chi connectivity index (χ2n) is 3.22. The highest BCUT2D eigenvalue weighted by Crippen LogP contribution is 1.98. The molecule has 3 heteroatoms. The SMILES string of the molecule is C=C[Si](OCCOC)c1ccccc1C. The number of aryl methyl sites for hydroxylation is 1. The van der Waals surface area contributed by atoms with Gasteiger partial charge in [-0.15, -0.1) is 6.58 Å². The van der Waals surface area contributed by atoms with Crippen LogP contribution in [0.2, 0.25) is 0 Å². The molecule has 0 fully saturated rings. The van der Waals surface area contributed by atoms with Gasteiger partial charge in [-0.05, 0) is 17.7 Å². The Hall–Kier alpha value is -0.903. The molecule has 0 aromatic heterocycles. The van der Waals surface area contributed by atoms with Crippen LogP contribution >= 0.6 is 0 Å². The third-order valence-corrected chi connectivity index (χ3v) is 4.12. The number of hydrogen-bond acceptors (Lipinski definition) is 2. The van der Waals surface area contributed by atoms with E-state index < -0.39 is 9.04 Å². The number of rotatable bonds is 6. The average Bonchev–Trinajstić information content (AvgIpc) is 2.26. The van der Waals surface area contributed by atoms with Gasteiger partial charge >= 0.3 is 0 Å². The smallest absolute Gasteiger partial charge is 0.274 e. The van der Waals surface area contributed by atoms with Gasteiger partial charge in [0.25, 0.3) is 9.04 Å². The number of methoxy groups -OCH3 is 1. The van der Waals surface area contributed by atoms with E-state index in [-0.39, 0.29) is 0 Å². The summed E-state index contributed by atoms with van der Waals surface area (Å²) >= 11 is 0. The fraction of sp³-hybridized carbons (Fsp3) is 0.333. The van der Waals surface area contributed by atoms with Gasteiger partial charge < -0.3 is 9.16 Å². The summed E-state index contributed by atoms with van der Waals surface area (Å²) in [5.74, 6) is 0. The lowest BCUT2D eigenvalue weighted by atomic mass is 10.2. The maximum Gasteiger partial charge on any atom is 0.274 e. The van der Waals surface area contributed by atoms with Crippen LogP contribution in [0.15, 0.2) is 36.5 Å². The molecule has 0 saturated heterocycles. The van der Waals surface area contributed by atoms with Crippen LogP contribution in [0.4, 0.5) is 0 Å². The molecule has 0 N–H and O–H groups in total. The van der Waals surface area contributed by atoms with Crippen LogP contribution in [0, 0.1) is 6.92 Å². The summed E-state index contributed by atoms with van der Waals surface area (Å²) in [4.78, 5) is 0. The molecule has 0 spiro atoms. The molecule has 0 heterocycles. The molecule has 0 bridgehead atoms. The summed E-state index contributed by atoms with van der Waals surface area (Å²) in [6.07, 6.45) is 0. The topological polar surface area (TPSA) is 18.5 Å². The van der Waals surface area contributed by atoms with Crippen molar-refractivity contribution in [1.29, 1.82) is 0 Å². The van der Waals surface area contributed by atoms with Gasteiger partial charge in [0, 0.05) is 7.11 Å². The van der Waals surface area contributed by atoms with Crippen molar-refractivity contribution in [3.63, 3.8) is 0 Å². The van der Waals surface area contributed by atoms with Crippen LogP contribution in [-0.2, 0) is 9.16 Å². The second-order valence-corrected chi connectivity index (χ2v) is 5.19. The van der Waals surface area contributed by atoms with Crippen LogP contribution in [0.5, 0.6) is 0 Å². The first-order chi connectivity index (χ1) is 7.29. The van der Waals surface area contributed by atoms with Crippen LogP contribution < -0.4 is 5.19 Å². The van der Waals surface area contributed by atoms with Crippen molar-refractivity contribution in [2.24, 2.45) is 0 Å². The van der Waals surface area contributed by atoms with Gasteiger partial charge in [0.05, 0.1) is 13.2 Å². The molecule has 81 valence electrons. The van der Waals surface area contributed by atoms with E-state index in [9.17, 15) is 0 Å². The van der Waals surface area contributed by atoms with Crippen LogP contribution in [0.3, 0.4) is 0 Å². The zero-order valence-electron chi connectivity index (χ0n) is 9.32. The Morgan fingerprint density at radius 2 is 2.07 bits per heavy atom. The summed E-state index contributed by atoms with van der Waals surface area (Å²) < 4.78 is 10.7. The highest BCUT2D eigenvalue weighted by atomic mass is 28.3.